The van der Waals surface area contributed by atoms with E-state index in [9.17, 15) is 9.59 Å². The second-order valence-electron chi connectivity index (χ2n) is 4.64. The van der Waals surface area contributed by atoms with E-state index < -0.39 is 0 Å². The summed E-state index contributed by atoms with van der Waals surface area (Å²) in [5, 5.41) is 5.49. The lowest BCUT2D eigenvalue weighted by atomic mass is 10.1. The smallest absolute Gasteiger partial charge is 0.252 e. The molecule has 1 rings (SSSR count). The van der Waals surface area contributed by atoms with E-state index in [1.807, 2.05) is 26.8 Å². The monoisotopic (exact) mass is 263 g/mol. The van der Waals surface area contributed by atoms with Gasteiger partial charge in [-0.15, -0.1) is 0 Å². The second kappa shape index (κ2) is 7.51. The molecule has 5 heteroatoms. The van der Waals surface area contributed by atoms with E-state index in [4.69, 9.17) is 0 Å². The molecule has 1 aromatic heterocycles. The summed E-state index contributed by atoms with van der Waals surface area (Å²) in [6, 6.07) is 1.83. The maximum Gasteiger partial charge on any atom is 0.252 e. The number of hydrogen-bond acceptors (Lipinski definition) is 3. The molecule has 0 aliphatic rings. The van der Waals surface area contributed by atoms with E-state index >= 15 is 0 Å². The molecule has 2 amide bonds. The van der Waals surface area contributed by atoms with Crippen molar-refractivity contribution in [3.8, 4) is 0 Å². The molecular formula is C14H21N3O2. The van der Waals surface area contributed by atoms with E-state index in [2.05, 4.69) is 15.6 Å². The van der Waals surface area contributed by atoms with Crippen LogP contribution in [0, 0.1) is 5.92 Å². The lowest BCUT2D eigenvalue weighted by Gasteiger charge is -2.09. The molecule has 0 saturated carbocycles. The predicted octanol–water partition coefficient (Wildman–Crippen LogP) is 1.15. The third-order valence-electron chi connectivity index (χ3n) is 2.70. The standard InChI is InChI=1S/C14H21N3O2/c1-4-11-7-12(9-15-8-11)14(19)17-6-5-16-13(18)10(2)3/h7-10H,4-6H2,1-3H3,(H,16,18)(H,17,19). The summed E-state index contributed by atoms with van der Waals surface area (Å²) in [6.45, 7) is 6.52. The normalized spacial score (nSPS) is 10.3. The quantitative estimate of drug-likeness (QED) is 0.756. The van der Waals surface area contributed by atoms with Crippen molar-refractivity contribution in [3.63, 3.8) is 0 Å². The number of aryl methyl sites for hydroxylation is 1. The van der Waals surface area contributed by atoms with Gasteiger partial charge in [0.2, 0.25) is 5.91 Å². The van der Waals surface area contributed by atoms with Crippen molar-refractivity contribution in [2.45, 2.75) is 27.2 Å². The minimum atomic E-state index is -0.165. The minimum Gasteiger partial charge on any atom is -0.354 e. The number of amides is 2. The van der Waals surface area contributed by atoms with Gasteiger partial charge in [-0.1, -0.05) is 20.8 Å². The average Bonchev–Trinajstić information content (AvgIpc) is 2.42. The van der Waals surface area contributed by atoms with E-state index in [0.717, 1.165) is 12.0 Å². The molecule has 0 atom stereocenters. The van der Waals surface area contributed by atoms with Crippen LogP contribution in [0.4, 0.5) is 0 Å². The van der Waals surface area contributed by atoms with Crippen LogP contribution >= 0.6 is 0 Å². The third kappa shape index (κ3) is 5.07. The van der Waals surface area contributed by atoms with E-state index in [1.165, 1.54) is 0 Å². The van der Waals surface area contributed by atoms with Gasteiger partial charge >= 0.3 is 0 Å². The molecule has 0 bridgehead atoms. The van der Waals surface area contributed by atoms with Gasteiger partial charge in [-0.2, -0.15) is 0 Å². The predicted molar refractivity (Wildman–Crippen MR) is 73.8 cm³/mol. The summed E-state index contributed by atoms with van der Waals surface area (Å²) in [4.78, 5) is 27.2. The molecule has 0 spiro atoms. The van der Waals surface area contributed by atoms with Gasteiger partial charge in [0.25, 0.3) is 5.91 Å². The maximum atomic E-state index is 11.8. The SMILES string of the molecule is CCc1cncc(C(=O)NCCNC(=O)C(C)C)c1. The number of pyridine rings is 1. The number of carbonyl (C=O) groups is 2. The van der Waals surface area contributed by atoms with Gasteiger partial charge in [-0.05, 0) is 18.1 Å². The molecule has 0 unspecified atom stereocenters. The lowest BCUT2D eigenvalue weighted by Crippen LogP contribution is -2.36. The van der Waals surface area contributed by atoms with Gasteiger partial charge in [0, 0.05) is 31.4 Å². The fourth-order valence-electron chi connectivity index (χ4n) is 1.47. The van der Waals surface area contributed by atoms with Gasteiger partial charge in [0.05, 0.1) is 5.56 Å². The van der Waals surface area contributed by atoms with E-state index in [0.29, 0.717) is 18.7 Å². The lowest BCUT2D eigenvalue weighted by molar-refractivity contribution is -0.123. The molecule has 1 heterocycles. The molecule has 0 aliphatic carbocycles. The third-order valence-corrected chi connectivity index (χ3v) is 2.70. The molecule has 0 radical (unpaired) electrons. The van der Waals surface area contributed by atoms with Crippen molar-refractivity contribution in [2.75, 3.05) is 13.1 Å². The van der Waals surface area contributed by atoms with Crippen LogP contribution in [0.2, 0.25) is 0 Å². The Morgan fingerprint density at radius 2 is 1.89 bits per heavy atom. The fourth-order valence-corrected chi connectivity index (χ4v) is 1.47. The fraction of sp³-hybridized carbons (Fsp3) is 0.500. The summed E-state index contributed by atoms with van der Waals surface area (Å²) < 4.78 is 0. The molecular weight excluding hydrogens is 242 g/mol. The van der Waals surface area contributed by atoms with Crippen LogP contribution in [0.5, 0.6) is 0 Å². The molecule has 0 aliphatic heterocycles. The van der Waals surface area contributed by atoms with Crippen LogP contribution in [0.15, 0.2) is 18.5 Å². The Kier molecular flexibility index (Phi) is 5.99. The Bertz CT molecular complexity index is 444. The maximum absolute atomic E-state index is 11.8. The summed E-state index contributed by atoms with van der Waals surface area (Å²) in [7, 11) is 0. The van der Waals surface area contributed by atoms with E-state index in [1.54, 1.807) is 12.4 Å². The second-order valence-corrected chi connectivity index (χ2v) is 4.64. The molecule has 5 nitrogen and oxygen atoms in total. The Balaban J connectivity index is 2.37. The van der Waals surface area contributed by atoms with Gasteiger partial charge in [-0.25, -0.2) is 0 Å². The molecule has 19 heavy (non-hydrogen) atoms. The van der Waals surface area contributed by atoms with Gasteiger partial charge in [-0.3, -0.25) is 14.6 Å². The Labute approximate surface area is 113 Å². The first-order valence-electron chi connectivity index (χ1n) is 6.54. The first kappa shape index (κ1) is 15.1. The van der Waals surface area contributed by atoms with Crippen molar-refractivity contribution in [2.24, 2.45) is 5.92 Å². The molecule has 104 valence electrons. The zero-order chi connectivity index (χ0) is 14.3. The van der Waals surface area contributed by atoms with Gasteiger partial charge in [0.1, 0.15) is 0 Å². The van der Waals surface area contributed by atoms with Crippen molar-refractivity contribution in [1.29, 1.82) is 0 Å². The number of rotatable bonds is 6. The molecule has 1 aromatic rings. The van der Waals surface area contributed by atoms with Gasteiger partial charge < -0.3 is 10.6 Å². The number of aromatic nitrogens is 1. The average molecular weight is 263 g/mol. The summed E-state index contributed by atoms with van der Waals surface area (Å²) >= 11 is 0. The highest BCUT2D eigenvalue weighted by atomic mass is 16.2. The summed E-state index contributed by atoms with van der Waals surface area (Å²) in [5.74, 6) is -0.216. The number of carbonyl (C=O) groups excluding carboxylic acids is 2. The molecule has 0 aromatic carbocycles. The Hall–Kier alpha value is -1.91. The van der Waals surface area contributed by atoms with Crippen LogP contribution in [0.25, 0.3) is 0 Å². The van der Waals surface area contributed by atoms with Crippen molar-refractivity contribution >= 4 is 11.8 Å². The zero-order valence-corrected chi connectivity index (χ0v) is 11.7. The zero-order valence-electron chi connectivity index (χ0n) is 11.7. The Morgan fingerprint density at radius 3 is 2.53 bits per heavy atom. The molecule has 0 fully saturated rings. The van der Waals surface area contributed by atoms with Crippen LogP contribution in [0.3, 0.4) is 0 Å². The highest BCUT2D eigenvalue weighted by Crippen LogP contribution is 2.03. The topological polar surface area (TPSA) is 71.1 Å². The summed E-state index contributed by atoms with van der Waals surface area (Å²) in [6.07, 6.45) is 4.14. The summed E-state index contributed by atoms with van der Waals surface area (Å²) in [5.41, 5.74) is 1.58. The molecule has 0 saturated heterocycles. The van der Waals surface area contributed by atoms with Gasteiger partial charge in [0.15, 0.2) is 0 Å². The number of hydrogen-bond donors (Lipinski definition) is 2. The highest BCUT2D eigenvalue weighted by molar-refractivity contribution is 5.94. The van der Waals surface area contributed by atoms with Crippen molar-refractivity contribution in [1.82, 2.24) is 15.6 Å². The van der Waals surface area contributed by atoms with Crippen LogP contribution in [0.1, 0.15) is 36.7 Å². The molecule has 2 N–H and O–H groups in total. The Morgan fingerprint density at radius 1 is 1.21 bits per heavy atom. The first-order valence-corrected chi connectivity index (χ1v) is 6.54. The largest absolute Gasteiger partial charge is 0.354 e. The minimum absolute atomic E-state index is 0.0103. The van der Waals surface area contributed by atoms with Crippen molar-refractivity contribution < 1.29 is 9.59 Å². The number of nitrogens with one attached hydrogen (secondary N) is 2. The van der Waals surface area contributed by atoms with Crippen LogP contribution in [-0.2, 0) is 11.2 Å². The number of nitrogens with zero attached hydrogens (tertiary/aromatic N) is 1. The van der Waals surface area contributed by atoms with Crippen LogP contribution < -0.4 is 10.6 Å². The van der Waals surface area contributed by atoms with E-state index in [-0.39, 0.29) is 17.7 Å². The van der Waals surface area contributed by atoms with Crippen LogP contribution in [-0.4, -0.2) is 29.9 Å². The van der Waals surface area contributed by atoms with Crippen molar-refractivity contribution in [3.05, 3.63) is 29.6 Å². The first-order chi connectivity index (χ1) is 9.04. The highest BCUT2D eigenvalue weighted by Gasteiger charge is 2.07.